The maximum Gasteiger partial charge on any atom is 0.407 e. The molecule has 1 N–H and O–H groups in total. The molecule has 4 heterocycles. The Morgan fingerprint density at radius 1 is 0.957 bits per heavy atom. The molecule has 10 nitrogen and oxygen atoms in total. The minimum absolute atomic E-state index is 0.0155. The first-order valence-electron chi connectivity index (χ1n) is 15.6. The number of carbonyl (C=O) groups excluding carboxylic acids is 2. The first-order chi connectivity index (χ1) is 22.1. The minimum atomic E-state index is -0.640. The fourth-order valence-electron chi connectivity index (χ4n) is 6.53. The molecule has 0 saturated carbocycles. The van der Waals surface area contributed by atoms with Crippen LogP contribution in [0.2, 0.25) is 0 Å². The van der Waals surface area contributed by atoms with Gasteiger partial charge in [0.1, 0.15) is 22.4 Å². The van der Waals surface area contributed by atoms with Crippen molar-refractivity contribution in [1.29, 1.82) is 0 Å². The largest absolute Gasteiger partial charge is 0.451 e. The number of piperazine rings is 1. The van der Waals surface area contributed by atoms with Gasteiger partial charge in [-0.15, -0.1) is 0 Å². The van der Waals surface area contributed by atoms with Gasteiger partial charge in [0.15, 0.2) is 17.3 Å². The van der Waals surface area contributed by atoms with Crippen molar-refractivity contribution in [3.05, 3.63) is 88.5 Å². The molecule has 238 valence electrons. The van der Waals surface area contributed by atoms with Gasteiger partial charge < -0.3 is 34.1 Å². The average Bonchev–Trinajstić information content (AvgIpc) is 3.48. The van der Waals surface area contributed by atoms with E-state index in [2.05, 4.69) is 10.2 Å². The van der Waals surface area contributed by atoms with Crippen molar-refractivity contribution in [2.24, 2.45) is 0 Å². The zero-order chi connectivity index (χ0) is 32.2. The van der Waals surface area contributed by atoms with Gasteiger partial charge in [-0.05, 0) is 57.5 Å². The molecule has 2 fully saturated rings. The molecule has 0 radical (unpaired) electrons. The number of aromatic nitrogens is 1. The van der Waals surface area contributed by atoms with E-state index >= 15 is 4.39 Å². The number of fused-ring (bicyclic) bond motifs is 2. The van der Waals surface area contributed by atoms with E-state index in [0.717, 1.165) is 5.69 Å². The number of carbonyl (C=O) groups is 2. The molecule has 11 heteroatoms. The number of nitrogens with zero attached hydrogens (tertiary/aromatic N) is 4. The number of pyridine rings is 1. The van der Waals surface area contributed by atoms with E-state index in [1.165, 1.54) is 6.07 Å². The van der Waals surface area contributed by atoms with Crippen molar-refractivity contribution in [2.45, 2.75) is 38.8 Å². The summed E-state index contributed by atoms with van der Waals surface area (Å²) >= 11 is 0. The van der Waals surface area contributed by atoms with Crippen molar-refractivity contribution in [2.75, 3.05) is 49.1 Å². The zero-order valence-electron chi connectivity index (χ0n) is 26.1. The summed E-state index contributed by atoms with van der Waals surface area (Å²) in [6.07, 6.45) is 1.61. The van der Waals surface area contributed by atoms with Crippen LogP contribution in [0.3, 0.4) is 0 Å². The normalized spacial score (nSPS) is 17.5. The molecule has 1 unspecified atom stereocenters. The molecule has 3 aromatic carbocycles. The minimum Gasteiger partial charge on any atom is -0.451 e. The van der Waals surface area contributed by atoms with Crippen LogP contribution < -0.4 is 25.3 Å². The van der Waals surface area contributed by atoms with E-state index in [0.29, 0.717) is 62.6 Å². The molecule has 7 rings (SSSR count). The standard InChI is InChI=1S/C35H36FN5O5/c1-35(2,3)46-34(44)37-22-13-14-40(20-22)30-26(36)19-24-29-32(30)45-28-12-8-7-11-27(28)41(29)21-25(31(24)42)33(43)39-17-15-38(16-18-39)23-9-5-4-6-10-23/h4-12,19,21-22H,13-18,20H2,1-3H3,(H,37,44). The van der Waals surface area contributed by atoms with Crippen molar-refractivity contribution >= 4 is 34.3 Å². The van der Waals surface area contributed by atoms with E-state index in [9.17, 15) is 14.4 Å². The highest BCUT2D eigenvalue weighted by Crippen LogP contribution is 2.47. The van der Waals surface area contributed by atoms with Gasteiger partial charge >= 0.3 is 6.09 Å². The van der Waals surface area contributed by atoms with E-state index < -0.39 is 22.9 Å². The smallest absolute Gasteiger partial charge is 0.407 e. The first kappa shape index (κ1) is 29.6. The number of alkyl carbamates (subject to hydrolysis) is 1. The lowest BCUT2D eigenvalue weighted by Crippen LogP contribution is -2.49. The molecule has 1 aromatic heterocycles. The van der Waals surface area contributed by atoms with Crippen molar-refractivity contribution in [3.8, 4) is 17.2 Å². The van der Waals surface area contributed by atoms with Gasteiger partial charge in [-0.1, -0.05) is 30.3 Å². The summed E-state index contributed by atoms with van der Waals surface area (Å²) in [5.74, 6) is -0.331. The molecule has 4 aromatic rings. The van der Waals surface area contributed by atoms with Crippen molar-refractivity contribution in [1.82, 2.24) is 14.8 Å². The maximum atomic E-state index is 16.2. The number of hydrogen-bond acceptors (Lipinski definition) is 7. The summed E-state index contributed by atoms with van der Waals surface area (Å²) in [7, 11) is 0. The third-order valence-corrected chi connectivity index (χ3v) is 8.65. The van der Waals surface area contributed by atoms with E-state index in [4.69, 9.17) is 9.47 Å². The van der Waals surface area contributed by atoms with E-state index in [1.807, 2.05) is 53.4 Å². The van der Waals surface area contributed by atoms with Gasteiger partial charge in [0.25, 0.3) is 5.91 Å². The van der Waals surface area contributed by atoms with Crippen LogP contribution in [-0.4, -0.2) is 72.4 Å². The number of benzene rings is 3. The SMILES string of the molecule is CC(C)(C)OC(=O)NC1CCN(c2c(F)cc3c(=O)c(C(=O)N4CCN(c5ccccc5)CC4)cn4c3c2Oc2ccccc2-4)C1. The van der Waals surface area contributed by atoms with Crippen LogP contribution in [0.4, 0.5) is 20.6 Å². The molecule has 0 aliphatic carbocycles. The third kappa shape index (κ3) is 5.39. The number of ether oxygens (including phenoxy) is 2. The summed E-state index contributed by atoms with van der Waals surface area (Å²) in [5.41, 5.74) is 1.14. The topological polar surface area (TPSA) is 96.4 Å². The molecule has 2 amide bonds. The summed E-state index contributed by atoms with van der Waals surface area (Å²) in [5, 5.41) is 2.95. The summed E-state index contributed by atoms with van der Waals surface area (Å²) in [6, 6.07) is 18.2. The molecular formula is C35H36FN5O5. The van der Waals surface area contributed by atoms with E-state index in [-0.39, 0.29) is 34.3 Å². The fourth-order valence-corrected chi connectivity index (χ4v) is 6.53. The molecular weight excluding hydrogens is 589 g/mol. The molecule has 2 saturated heterocycles. The highest BCUT2D eigenvalue weighted by atomic mass is 19.1. The highest BCUT2D eigenvalue weighted by Gasteiger charge is 2.35. The Morgan fingerprint density at radius 2 is 1.67 bits per heavy atom. The van der Waals surface area contributed by atoms with Crippen LogP contribution in [0.25, 0.3) is 16.6 Å². The summed E-state index contributed by atoms with van der Waals surface area (Å²) in [4.78, 5) is 46.0. The quantitative estimate of drug-likeness (QED) is 0.290. The lowest BCUT2D eigenvalue weighted by Gasteiger charge is -2.36. The van der Waals surface area contributed by atoms with Crippen LogP contribution >= 0.6 is 0 Å². The van der Waals surface area contributed by atoms with Gasteiger partial charge in [0.05, 0.1) is 17.1 Å². The van der Waals surface area contributed by atoms with Gasteiger partial charge in [0.2, 0.25) is 5.43 Å². The predicted octanol–water partition coefficient (Wildman–Crippen LogP) is 5.30. The second-order valence-electron chi connectivity index (χ2n) is 12.9. The Balaban J connectivity index is 1.23. The van der Waals surface area contributed by atoms with Crippen LogP contribution in [0, 0.1) is 5.82 Å². The average molecular weight is 626 g/mol. The Morgan fingerprint density at radius 3 is 2.41 bits per heavy atom. The molecule has 0 bridgehead atoms. The van der Waals surface area contributed by atoms with Crippen molar-refractivity contribution in [3.63, 3.8) is 0 Å². The van der Waals surface area contributed by atoms with Crippen LogP contribution in [0.15, 0.2) is 71.7 Å². The number of para-hydroxylation sites is 3. The number of amides is 2. The second kappa shape index (κ2) is 11.4. The first-order valence-corrected chi connectivity index (χ1v) is 15.6. The Hall–Kier alpha value is -5.06. The van der Waals surface area contributed by atoms with Gasteiger partial charge in [-0.3, -0.25) is 9.59 Å². The van der Waals surface area contributed by atoms with Gasteiger partial charge in [-0.2, -0.15) is 0 Å². The third-order valence-electron chi connectivity index (χ3n) is 8.65. The van der Waals surface area contributed by atoms with Crippen LogP contribution in [0.1, 0.15) is 37.6 Å². The lowest BCUT2D eigenvalue weighted by molar-refractivity contribution is 0.0508. The van der Waals surface area contributed by atoms with Crippen molar-refractivity contribution < 1.29 is 23.5 Å². The Labute approximate surface area is 265 Å². The Bertz CT molecular complexity index is 1900. The Kier molecular flexibility index (Phi) is 7.33. The van der Waals surface area contributed by atoms with Gasteiger partial charge in [-0.25, -0.2) is 9.18 Å². The molecule has 3 aliphatic rings. The number of nitrogens with one attached hydrogen (secondary N) is 1. The monoisotopic (exact) mass is 625 g/mol. The zero-order valence-corrected chi connectivity index (χ0v) is 26.1. The predicted molar refractivity (Wildman–Crippen MR) is 174 cm³/mol. The maximum absolute atomic E-state index is 16.2. The lowest BCUT2D eigenvalue weighted by atomic mass is 10.0. The van der Waals surface area contributed by atoms with E-state index in [1.54, 1.807) is 42.5 Å². The molecule has 46 heavy (non-hydrogen) atoms. The molecule has 1 atom stereocenters. The number of halogens is 1. The number of anilines is 2. The van der Waals surface area contributed by atoms with Crippen LogP contribution in [-0.2, 0) is 4.74 Å². The fraction of sp³-hybridized carbons (Fsp3) is 0.343. The molecule has 3 aliphatic heterocycles. The number of hydrogen-bond donors (Lipinski definition) is 1. The molecule has 0 spiro atoms. The highest BCUT2D eigenvalue weighted by molar-refractivity contribution is 6.01. The van der Waals surface area contributed by atoms with Gasteiger partial charge in [0, 0.05) is 51.2 Å². The second-order valence-corrected chi connectivity index (χ2v) is 12.9. The van der Waals surface area contributed by atoms with Crippen LogP contribution in [0.5, 0.6) is 11.5 Å². The number of rotatable bonds is 4. The summed E-state index contributed by atoms with van der Waals surface area (Å²) < 4.78 is 29.7. The summed E-state index contributed by atoms with van der Waals surface area (Å²) in [6.45, 7) is 8.35.